The highest BCUT2D eigenvalue weighted by Gasteiger charge is 2.36. The fourth-order valence-electron chi connectivity index (χ4n) is 9.50. The van der Waals surface area contributed by atoms with Gasteiger partial charge in [0.15, 0.2) is 23.1 Å². The molecule has 0 aliphatic heterocycles. The van der Waals surface area contributed by atoms with E-state index in [-0.39, 0.29) is 82.0 Å². The van der Waals surface area contributed by atoms with Gasteiger partial charge in [-0.15, -0.1) is 0 Å². The number of Topliss-reactive ketones (excluding diaryl/α,β-unsaturated/α-hetero) is 4. The van der Waals surface area contributed by atoms with Crippen LogP contribution < -0.4 is 38.5 Å². The van der Waals surface area contributed by atoms with Gasteiger partial charge in [0.2, 0.25) is 29.5 Å². The van der Waals surface area contributed by atoms with Gasteiger partial charge in [0, 0.05) is 61.7 Å². The van der Waals surface area contributed by atoms with E-state index in [2.05, 4.69) is 21.3 Å². The average Bonchev–Trinajstić information content (AvgIpc) is 3.44. The summed E-state index contributed by atoms with van der Waals surface area (Å²) in [5.41, 5.74) is 19.4. The van der Waals surface area contributed by atoms with Gasteiger partial charge in [-0.05, 0) is 112 Å². The number of aliphatic hydroxyl groups excluding tert-OH is 1. The summed E-state index contributed by atoms with van der Waals surface area (Å²) in [6.07, 6.45) is -0.267. The molecule has 0 heterocycles. The number of aromatic hydroxyl groups is 1. The van der Waals surface area contributed by atoms with Gasteiger partial charge in [-0.1, -0.05) is 107 Å². The van der Waals surface area contributed by atoms with E-state index >= 15 is 0 Å². The number of benzene rings is 3. The lowest BCUT2D eigenvalue weighted by Crippen LogP contribution is -2.50. The Morgan fingerprint density at radius 3 is 1.36 bits per heavy atom. The van der Waals surface area contributed by atoms with Crippen molar-refractivity contribution in [2.45, 2.75) is 155 Å². The molecule has 0 saturated carbocycles. The summed E-state index contributed by atoms with van der Waals surface area (Å²) < 4.78 is 0. The Labute approximate surface area is 475 Å². The van der Waals surface area contributed by atoms with E-state index in [1.807, 2.05) is 32.0 Å². The lowest BCUT2D eigenvalue weighted by Gasteiger charge is -2.26. The number of nitrogens with two attached hydrogens (primary N) is 3. The standard InChI is InChI=1S/C61H87N7O13/c1-38(2)29-45(57(64)77)35-53(72)50(32-42-21-24-47(70)25-22-42)67-59(79)43(19-11-13-27-62)33-52(71)48(20-12-14-28-63)65-60(80)44(23-26-56(75)76)34-55(74)51(37-69)68-61(81)46(30-40-15-7-5-8-16-40)36-54(73)49(66-58(78)39(3)4)31-41-17-9-6-10-18-41/h5-10,15-18,21-22,24-25,38-39,43-46,48-51,69-70H,11-14,19-20,23,26-37,62-63H2,1-4H3,(H2,64,77)(H,65,80)(H,66,78)(H,67,79)(H,68,81)(H,75,76)/t43-,44-,45-,46-,48+,49+,50+,51+/m1/s1. The topological polar surface area (TPSA) is 358 Å². The molecule has 81 heavy (non-hydrogen) atoms. The number of rotatable bonds is 41. The number of amides is 5. The van der Waals surface area contributed by atoms with Crippen LogP contribution in [0, 0.1) is 35.5 Å². The van der Waals surface area contributed by atoms with Gasteiger partial charge >= 0.3 is 5.97 Å². The second kappa shape index (κ2) is 36.2. The van der Waals surface area contributed by atoms with Crippen LogP contribution in [0.15, 0.2) is 84.9 Å². The monoisotopic (exact) mass is 1130 g/mol. The predicted molar refractivity (Wildman–Crippen MR) is 306 cm³/mol. The molecule has 0 aromatic heterocycles. The molecule has 0 saturated heterocycles. The fourth-order valence-corrected chi connectivity index (χ4v) is 9.50. The average molecular weight is 1130 g/mol. The number of carbonyl (C=O) groups is 10. The minimum Gasteiger partial charge on any atom is -0.508 e. The molecule has 0 aliphatic rings. The number of primary amides is 1. The van der Waals surface area contributed by atoms with Gasteiger partial charge in [0.05, 0.1) is 24.7 Å². The number of aliphatic carboxylic acids is 1. The van der Waals surface area contributed by atoms with Crippen LogP contribution >= 0.6 is 0 Å². The molecule has 0 fully saturated rings. The molecule has 20 heteroatoms. The van der Waals surface area contributed by atoms with Crippen LogP contribution in [0.25, 0.3) is 0 Å². The third kappa shape index (κ3) is 25.5. The largest absolute Gasteiger partial charge is 0.508 e. The van der Waals surface area contributed by atoms with Crippen LogP contribution in [0.4, 0.5) is 0 Å². The number of carboxylic acid groups (broad SMARTS) is 1. The summed E-state index contributed by atoms with van der Waals surface area (Å²) in [6.45, 7) is 6.74. The zero-order chi connectivity index (χ0) is 60.0. The first-order valence-electron chi connectivity index (χ1n) is 28.3. The molecule has 3 aromatic carbocycles. The molecule has 0 radical (unpaired) electrons. The van der Waals surface area contributed by atoms with E-state index in [0.717, 1.165) is 5.56 Å². The highest BCUT2D eigenvalue weighted by Crippen LogP contribution is 2.24. The molecule has 0 aliphatic carbocycles. The molecule has 0 unspecified atom stereocenters. The Bertz CT molecular complexity index is 2510. The van der Waals surface area contributed by atoms with E-state index in [4.69, 9.17) is 17.2 Å². The number of unbranched alkanes of at least 4 members (excludes halogenated alkanes) is 2. The number of nitrogens with one attached hydrogen (secondary N) is 4. The Hall–Kier alpha value is -7.16. The van der Waals surface area contributed by atoms with E-state index in [0.29, 0.717) is 43.2 Å². The van der Waals surface area contributed by atoms with Crippen molar-refractivity contribution < 1.29 is 63.3 Å². The molecule has 5 amide bonds. The van der Waals surface area contributed by atoms with Crippen molar-refractivity contribution in [3.8, 4) is 5.75 Å². The highest BCUT2D eigenvalue weighted by molar-refractivity contribution is 5.98. The first-order valence-corrected chi connectivity index (χ1v) is 28.3. The molecule has 3 rings (SSSR count). The first-order chi connectivity index (χ1) is 38.5. The van der Waals surface area contributed by atoms with Crippen molar-refractivity contribution in [1.82, 2.24) is 21.3 Å². The highest BCUT2D eigenvalue weighted by atomic mass is 16.4. The maximum Gasteiger partial charge on any atom is 0.303 e. The number of carbonyl (C=O) groups excluding carboxylic acids is 9. The van der Waals surface area contributed by atoms with Crippen LogP contribution in [0.2, 0.25) is 0 Å². The second-order valence-corrected chi connectivity index (χ2v) is 21.8. The van der Waals surface area contributed by atoms with Crippen molar-refractivity contribution in [2.75, 3.05) is 19.7 Å². The molecule has 0 bridgehead atoms. The Balaban J connectivity index is 1.91. The third-order valence-corrected chi connectivity index (χ3v) is 14.2. The van der Waals surface area contributed by atoms with Gasteiger partial charge in [-0.25, -0.2) is 0 Å². The number of ketones is 4. The second-order valence-electron chi connectivity index (χ2n) is 21.8. The number of hydrogen-bond donors (Lipinski definition) is 10. The molecule has 0 spiro atoms. The van der Waals surface area contributed by atoms with E-state index < -0.39 is 132 Å². The number of aliphatic hydroxyl groups is 1. The van der Waals surface area contributed by atoms with Gasteiger partial charge in [0.1, 0.15) is 11.8 Å². The van der Waals surface area contributed by atoms with Crippen molar-refractivity contribution >= 4 is 58.6 Å². The van der Waals surface area contributed by atoms with Gasteiger partial charge in [-0.2, -0.15) is 0 Å². The third-order valence-electron chi connectivity index (χ3n) is 14.2. The van der Waals surface area contributed by atoms with Crippen molar-refractivity contribution in [1.29, 1.82) is 0 Å². The van der Waals surface area contributed by atoms with Crippen molar-refractivity contribution in [3.63, 3.8) is 0 Å². The van der Waals surface area contributed by atoms with Crippen molar-refractivity contribution in [3.05, 3.63) is 102 Å². The normalized spacial score (nSPS) is 14.3. The lowest BCUT2D eigenvalue weighted by atomic mass is 9.87. The van der Waals surface area contributed by atoms with Crippen molar-refractivity contribution in [2.24, 2.45) is 52.7 Å². The zero-order valence-corrected chi connectivity index (χ0v) is 47.4. The Morgan fingerprint density at radius 2 is 0.877 bits per heavy atom. The summed E-state index contributed by atoms with van der Waals surface area (Å²) in [4.78, 5) is 137. The summed E-state index contributed by atoms with van der Waals surface area (Å²) in [5.74, 6) is -11.7. The van der Waals surface area contributed by atoms with E-state index in [1.54, 1.807) is 68.4 Å². The number of phenolic OH excluding ortho intramolecular Hbond substituents is 1. The minimum absolute atomic E-state index is 0.0144. The van der Waals surface area contributed by atoms with Crippen LogP contribution in [0.1, 0.15) is 128 Å². The van der Waals surface area contributed by atoms with Gasteiger partial charge in [0.25, 0.3) is 0 Å². The lowest BCUT2D eigenvalue weighted by molar-refractivity contribution is -0.139. The van der Waals surface area contributed by atoms with Crippen LogP contribution in [0.3, 0.4) is 0 Å². The molecule has 444 valence electrons. The van der Waals surface area contributed by atoms with Crippen LogP contribution in [-0.4, -0.2) is 118 Å². The molecule has 8 atom stereocenters. The quantitative estimate of drug-likeness (QED) is 0.0360. The van der Waals surface area contributed by atoms with E-state index in [1.165, 1.54) is 12.1 Å². The van der Waals surface area contributed by atoms with Gasteiger partial charge in [-0.3, -0.25) is 47.9 Å². The smallest absolute Gasteiger partial charge is 0.303 e. The number of carboxylic acids is 1. The Morgan fingerprint density at radius 1 is 0.469 bits per heavy atom. The molecular weight excluding hydrogens is 1040 g/mol. The molecule has 20 nitrogen and oxygen atoms in total. The maximum absolute atomic E-state index is 14.5. The SMILES string of the molecule is CC(C)C[C@H](CC(=O)[C@H](Cc1ccc(O)cc1)NC(=O)[C@H](CCCCN)CC(=O)[C@H](CCCCN)NC(=O)[C@H](CCC(=O)O)CC(=O)[C@H](CO)NC(=O)[C@@H](CC(=O)[C@H](Cc1ccccc1)NC(=O)C(C)C)Cc1ccccc1)C(N)=O. The first kappa shape index (κ1) is 68.1. The van der Waals surface area contributed by atoms with E-state index in [9.17, 15) is 63.3 Å². The Kier molecular flexibility index (Phi) is 30.5. The molecule has 3 aromatic rings. The van der Waals surface area contributed by atoms with Gasteiger partial charge < -0.3 is 53.8 Å². The molecular formula is C61H87N7O13. The number of hydrogen-bond acceptors (Lipinski definition) is 14. The minimum atomic E-state index is -1.61. The summed E-state index contributed by atoms with van der Waals surface area (Å²) >= 11 is 0. The summed E-state index contributed by atoms with van der Waals surface area (Å²) in [7, 11) is 0. The van der Waals surface area contributed by atoms with Crippen LogP contribution in [0.5, 0.6) is 5.75 Å². The van der Waals surface area contributed by atoms with Crippen LogP contribution in [-0.2, 0) is 67.2 Å². The summed E-state index contributed by atoms with van der Waals surface area (Å²) in [5, 5.41) is 41.1. The predicted octanol–water partition coefficient (Wildman–Crippen LogP) is 3.96. The number of phenols is 1. The summed E-state index contributed by atoms with van der Waals surface area (Å²) in [6, 6.07) is 18.8. The molecule has 13 N–H and O–H groups in total. The maximum atomic E-state index is 14.5. The zero-order valence-electron chi connectivity index (χ0n) is 47.4. The fraction of sp³-hybridized carbons (Fsp3) is 0.541.